The molecule has 0 aliphatic rings. The van der Waals surface area contributed by atoms with Crippen LogP contribution in [0.25, 0.3) is 11.4 Å². The van der Waals surface area contributed by atoms with Gasteiger partial charge in [0.25, 0.3) is 0 Å². The van der Waals surface area contributed by atoms with Crippen LogP contribution in [-0.2, 0) is 0 Å². The fourth-order valence-electron chi connectivity index (χ4n) is 2.03. The molecule has 112 valence electrons. The van der Waals surface area contributed by atoms with Gasteiger partial charge in [0.15, 0.2) is 0 Å². The van der Waals surface area contributed by atoms with Crippen molar-refractivity contribution in [2.75, 3.05) is 0 Å². The summed E-state index contributed by atoms with van der Waals surface area (Å²) in [5.74, 6) is 0. The SMILES string of the molecule is c1ccc(-n2nnnc2Oc2nnnn2-c2ccccc2)cc1. The zero-order chi connectivity index (χ0) is 15.5. The Morgan fingerprint density at radius 3 is 1.48 bits per heavy atom. The molecule has 0 bridgehead atoms. The summed E-state index contributed by atoms with van der Waals surface area (Å²) in [5, 5.41) is 22.9. The van der Waals surface area contributed by atoms with Gasteiger partial charge in [-0.2, -0.15) is 9.36 Å². The lowest BCUT2D eigenvalue weighted by Gasteiger charge is -2.06. The van der Waals surface area contributed by atoms with Gasteiger partial charge < -0.3 is 4.74 Å². The fraction of sp³-hybridized carbons (Fsp3) is 0. The Balaban J connectivity index is 1.69. The average molecular weight is 306 g/mol. The highest BCUT2D eigenvalue weighted by Gasteiger charge is 2.16. The van der Waals surface area contributed by atoms with Crippen LogP contribution >= 0.6 is 0 Å². The first-order valence-corrected chi connectivity index (χ1v) is 6.77. The number of para-hydroxylation sites is 2. The second-order valence-electron chi connectivity index (χ2n) is 4.52. The molecule has 2 aromatic heterocycles. The lowest BCUT2D eigenvalue weighted by atomic mass is 10.3. The van der Waals surface area contributed by atoms with Gasteiger partial charge in [0.05, 0.1) is 11.4 Å². The Kier molecular flexibility index (Phi) is 3.20. The molecule has 0 N–H and O–H groups in total. The summed E-state index contributed by atoms with van der Waals surface area (Å²) in [6.45, 7) is 0. The topological polar surface area (TPSA) is 96.4 Å². The predicted octanol–water partition coefficient (Wildman–Crippen LogP) is 1.43. The molecule has 0 atom stereocenters. The zero-order valence-corrected chi connectivity index (χ0v) is 11.8. The molecular formula is C14H10N8O. The summed E-state index contributed by atoms with van der Waals surface area (Å²) in [4.78, 5) is 0. The van der Waals surface area contributed by atoms with Crippen LogP contribution in [0.4, 0.5) is 0 Å². The monoisotopic (exact) mass is 306 g/mol. The standard InChI is InChI=1S/C14H10N8O/c1-3-7-11(8-4-1)21-13(15-17-19-21)23-14-16-18-20-22(14)12-9-5-2-6-10-12/h1-10H. The van der Waals surface area contributed by atoms with Gasteiger partial charge in [-0.25, -0.2) is 0 Å². The van der Waals surface area contributed by atoms with E-state index in [2.05, 4.69) is 31.1 Å². The van der Waals surface area contributed by atoms with Gasteiger partial charge in [-0.3, -0.25) is 0 Å². The van der Waals surface area contributed by atoms with E-state index in [4.69, 9.17) is 4.74 Å². The smallest absolute Gasteiger partial charge is 0.348 e. The summed E-state index contributed by atoms with van der Waals surface area (Å²) in [6.07, 6.45) is 0. The van der Waals surface area contributed by atoms with E-state index >= 15 is 0 Å². The maximum Gasteiger partial charge on any atom is 0.348 e. The maximum absolute atomic E-state index is 5.68. The van der Waals surface area contributed by atoms with Crippen molar-refractivity contribution in [2.45, 2.75) is 0 Å². The Bertz CT molecular complexity index is 827. The first-order valence-electron chi connectivity index (χ1n) is 6.77. The highest BCUT2D eigenvalue weighted by Crippen LogP contribution is 2.20. The van der Waals surface area contributed by atoms with Crippen molar-refractivity contribution in [2.24, 2.45) is 0 Å². The third-order valence-corrected chi connectivity index (χ3v) is 3.07. The number of nitrogens with zero attached hydrogens (tertiary/aromatic N) is 8. The van der Waals surface area contributed by atoms with Crippen LogP contribution in [0.1, 0.15) is 0 Å². The molecule has 0 fully saturated rings. The van der Waals surface area contributed by atoms with Crippen molar-refractivity contribution >= 4 is 0 Å². The van der Waals surface area contributed by atoms with Crippen molar-refractivity contribution in [3.05, 3.63) is 60.7 Å². The molecule has 0 unspecified atom stereocenters. The molecule has 2 heterocycles. The highest BCUT2D eigenvalue weighted by atomic mass is 16.5. The molecule has 9 nitrogen and oxygen atoms in total. The number of tetrazole rings is 2. The molecule has 0 amide bonds. The number of ether oxygens (including phenoxy) is 1. The summed E-state index contributed by atoms with van der Waals surface area (Å²) in [6, 6.07) is 19.1. The minimum absolute atomic E-state index is 0.170. The first-order chi connectivity index (χ1) is 11.4. The number of rotatable bonds is 4. The summed E-state index contributed by atoms with van der Waals surface area (Å²) < 4.78 is 8.61. The van der Waals surface area contributed by atoms with Crippen LogP contribution in [0, 0.1) is 0 Å². The first kappa shape index (κ1) is 13.1. The molecule has 4 aromatic rings. The predicted molar refractivity (Wildman–Crippen MR) is 78.4 cm³/mol. The minimum Gasteiger partial charge on any atom is -0.386 e. The summed E-state index contributed by atoms with van der Waals surface area (Å²) in [5.41, 5.74) is 1.54. The highest BCUT2D eigenvalue weighted by molar-refractivity contribution is 5.34. The maximum atomic E-state index is 5.68. The third-order valence-electron chi connectivity index (χ3n) is 3.07. The van der Waals surface area contributed by atoms with Crippen LogP contribution in [0.2, 0.25) is 0 Å². The number of hydrogen-bond acceptors (Lipinski definition) is 7. The minimum atomic E-state index is 0.170. The van der Waals surface area contributed by atoms with Crippen LogP contribution in [0.15, 0.2) is 60.7 Å². The molecule has 0 spiro atoms. The number of aromatic nitrogens is 8. The van der Waals surface area contributed by atoms with E-state index in [9.17, 15) is 0 Å². The number of hydrogen-bond donors (Lipinski definition) is 0. The van der Waals surface area contributed by atoms with Crippen molar-refractivity contribution in [3.8, 4) is 23.4 Å². The van der Waals surface area contributed by atoms with Gasteiger partial charge in [0.1, 0.15) is 0 Å². The van der Waals surface area contributed by atoms with Gasteiger partial charge in [-0.15, -0.1) is 0 Å². The Hall–Kier alpha value is -3.62. The molecule has 0 aliphatic heterocycles. The van der Waals surface area contributed by atoms with Crippen molar-refractivity contribution in [1.29, 1.82) is 0 Å². The van der Waals surface area contributed by atoms with E-state index in [-0.39, 0.29) is 12.0 Å². The van der Waals surface area contributed by atoms with E-state index in [1.165, 1.54) is 9.36 Å². The van der Waals surface area contributed by atoms with Gasteiger partial charge in [-0.1, -0.05) is 46.6 Å². The van der Waals surface area contributed by atoms with Crippen molar-refractivity contribution in [1.82, 2.24) is 40.4 Å². The second kappa shape index (κ2) is 5.64. The van der Waals surface area contributed by atoms with E-state index < -0.39 is 0 Å². The molecule has 9 heteroatoms. The van der Waals surface area contributed by atoms with Crippen LogP contribution in [0.3, 0.4) is 0 Å². The van der Waals surface area contributed by atoms with Gasteiger partial charge in [0, 0.05) is 0 Å². The Labute approximate surface area is 130 Å². The largest absolute Gasteiger partial charge is 0.386 e. The quantitative estimate of drug-likeness (QED) is 0.562. The number of benzene rings is 2. The van der Waals surface area contributed by atoms with Gasteiger partial charge >= 0.3 is 12.0 Å². The molecule has 0 radical (unpaired) electrons. The van der Waals surface area contributed by atoms with Gasteiger partial charge in [-0.05, 0) is 45.1 Å². The van der Waals surface area contributed by atoms with E-state index in [1.807, 2.05) is 60.7 Å². The normalized spacial score (nSPS) is 10.6. The molecule has 0 saturated carbocycles. The van der Waals surface area contributed by atoms with Crippen molar-refractivity contribution < 1.29 is 4.74 Å². The molecule has 0 aliphatic carbocycles. The zero-order valence-electron chi connectivity index (χ0n) is 11.8. The van der Waals surface area contributed by atoms with Crippen molar-refractivity contribution in [3.63, 3.8) is 0 Å². The summed E-state index contributed by atoms with van der Waals surface area (Å²) >= 11 is 0. The molecular weight excluding hydrogens is 296 g/mol. The molecule has 0 saturated heterocycles. The molecule has 4 rings (SSSR count). The van der Waals surface area contributed by atoms with E-state index in [0.717, 1.165) is 11.4 Å². The third kappa shape index (κ3) is 2.50. The second-order valence-corrected chi connectivity index (χ2v) is 4.52. The van der Waals surface area contributed by atoms with E-state index in [1.54, 1.807) is 0 Å². The fourth-order valence-corrected chi connectivity index (χ4v) is 2.03. The van der Waals surface area contributed by atoms with Gasteiger partial charge in [0.2, 0.25) is 0 Å². The lowest BCUT2D eigenvalue weighted by Crippen LogP contribution is -2.04. The Morgan fingerprint density at radius 2 is 1.04 bits per heavy atom. The lowest BCUT2D eigenvalue weighted by molar-refractivity contribution is 0.383. The molecule has 23 heavy (non-hydrogen) atoms. The van der Waals surface area contributed by atoms with Crippen LogP contribution in [0.5, 0.6) is 12.0 Å². The van der Waals surface area contributed by atoms with E-state index in [0.29, 0.717) is 0 Å². The summed E-state index contributed by atoms with van der Waals surface area (Å²) in [7, 11) is 0. The van der Waals surface area contributed by atoms with Crippen LogP contribution < -0.4 is 4.74 Å². The average Bonchev–Trinajstić information content (AvgIpc) is 3.26. The Morgan fingerprint density at radius 1 is 0.609 bits per heavy atom. The van der Waals surface area contributed by atoms with Crippen LogP contribution in [-0.4, -0.2) is 40.4 Å². The molecule has 2 aromatic carbocycles.